The number of fused-ring (bicyclic) bond motifs is 4. The molecule has 3 amide bonds. The normalized spacial score (nSPS) is 34.1. The zero-order chi connectivity index (χ0) is 23.7. The number of aryl methyl sites for hydroxylation is 1. The predicted molar refractivity (Wildman–Crippen MR) is 122 cm³/mol. The molecule has 2 aliphatic carbocycles. The molecule has 6 rings (SSSR count). The molecule has 4 fully saturated rings. The number of benzene rings is 1. The first-order valence-electron chi connectivity index (χ1n) is 12.3. The molecule has 3 saturated heterocycles. The molecule has 5 aliphatic rings. The van der Waals surface area contributed by atoms with Gasteiger partial charge < -0.3 is 20.9 Å². The standard InChI is InChI=1S/C25H30N6O3/c1-28-23(32)14-2-4-18-13(6-14)3-5-20(18)31-17-9-22(25(31)34)29(11-17)12-19(27)24(33)30-16(10-26)7-15-8-21(15)30/h2,4,6,15-17,19-22H,3,5,7-9,11-12,27H2,1H3,(H,28,32)/t15-,16+,17-,19+,20+,21?,22-/m1/s1. The maximum atomic E-state index is 13.4. The highest BCUT2D eigenvalue weighted by Gasteiger charge is 2.56. The number of piperazine rings is 1. The largest absolute Gasteiger partial charge is 0.355 e. The first kappa shape index (κ1) is 21.6. The highest BCUT2D eigenvalue weighted by atomic mass is 16.2. The molecule has 2 bridgehead atoms. The average molecular weight is 463 g/mol. The number of carbonyl (C=O) groups excluding carboxylic acids is 3. The van der Waals surface area contributed by atoms with Crippen LogP contribution >= 0.6 is 0 Å². The van der Waals surface area contributed by atoms with Gasteiger partial charge >= 0.3 is 0 Å². The molecular formula is C25H30N6O3. The minimum atomic E-state index is -0.717. The molecule has 3 N–H and O–H groups in total. The van der Waals surface area contributed by atoms with Crippen LogP contribution in [0.15, 0.2) is 18.2 Å². The number of nitrogens with zero attached hydrogens (tertiary/aromatic N) is 4. The van der Waals surface area contributed by atoms with Gasteiger partial charge in [-0.05, 0) is 61.3 Å². The lowest BCUT2D eigenvalue weighted by atomic mass is 10.0. The van der Waals surface area contributed by atoms with Crippen LogP contribution in [0.2, 0.25) is 0 Å². The maximum Gasteiger partial charge on any atom is 0.251 e. The van der Waals surface area contributed by atoms with Crippen LogP contribution in [0.25, 0.3) is 0 Å². The summed E-state index contributed by atoms with van der Waals surface area (Å²) in [5, 5.41) is 12.1. The fourth-order valence-corrected chi connectivity index (χ4v) is 6.88. The van der Waals surface area contributed by atoms with Gasteiger partial charge in [0, 0.05) is 37.8 Å². The molecule has 3 aliphatic heterocycles. The lowest BCUT2D eigenvalue weighted by molar-refractivity contribution is -0.141. The van der Waals surface area contributed by atoms with Crippen LogP contribution in [0.1, 0.15) is 53.2 Å². The Morgan fingerprint density at radius 3 is 2.82 bits per heavy atom. The van der Waals surface area contributed by atoms with Crippen molar-refractivity contribution in [1.82, 2.24) is 20.0 Å². The summed E-state index contributed by atoms with van der Waals surface area (Å²) in [6, 6.07) is 7.05. The van der Waals surface area contributed by atoms with Gasteiger partial charge in [-0.3, -0.25) is 19.3 Å². The van der Waals surface area contributed by atoms with E-state index >= 15 is 0 Å². The topological polar surface area (TPSA) is 123 Å². The molecule has 34 heavy (non-hydrogen) atoms. The summed E-state index contributed by atoms with van der Waals surface area (Å²) >= 11 is 0. The first-order valence-corrected chi connectivity index (χ1v) is 12.3. The summed E-state index contributed by atoms with van der Waals surface area (Å²) in [6.45, 7) is 1.07. The van der Waals surface area contributed by atoms with Crippen molar-refractivity contribution in [1.29, 1.82) is 5.26 Å². The smallest absolute Gasteiger partial charge is 0.251 e. The second-order valence-electron chi connectivity index (χ2n) is 10.4. The van der Waals surface area contributed by atoms with Crippen molar-refractivity contribution in [3.63, 3.8) is 0 Å². The number of nitrogens with two attached hydrogens (primary N) is 1. The van der Waals surface area contributed by atoms with Gasteiger partial charge in [0.1, 0.15) is 6.04 Å². The van der Waals surface area contributed by atoms with Crippen molar-refractivity contribution in [3.8, 4) is 6.07 Å². The van der Waals surface area contributed by atoms with Crippen molar-refractivity contribution in [2.75, 3.05) is 20.1 Å². The second-order valence-corrected chi connectivity index (χ2v) is 10.4. The molecule has 9 nitrogen and oxygen atoms in total. The number of piperidine rings is 1. The first-order chi connectivity index (χ1) is 16.4. The fourth-order valence-electron chi connectivity index (χ4n) is 6.88. The number of hydrogen-bond acceptors (Lipinski definition) is 6. The Hall–Kier alpha value is -2.96. The molecule has 3 heterocycles. The number of amides is 3. The minimum Gasteiger partial charge on any atom is -0.355 e. The number of nitrogens with one attached hydrogen (secondary N) is 1. The van der Waals surface area contributed by atoms with Gasteiger partial charge in [-0.1, -0.05) is 6.07 Å². The Morgan fingerprint density at radius 1 is 1.26 bits per heavy atom. The van der Waals surface area contributed by atoms with Gasteiger partial charge in [-0.25, -0.2) is 0 Å². The van der Waals surface area contributed by atoms with E-state index in [1.54, 1.807) is 11.9 Å². The van der Waals surface area contributed by atoms with Gasteiger partial charge in [-0.15, -0.1) is 0 Å². The molecular weight excluding hydrogens is 432 g/mol. The summed E-state index contributed by atoms with van der Waals surface area (Å²) in [5.41, 5.74) is 9.25. The molecule has 178 valence electrons. The summed E-state index contributed by atoms with van der Waals surface area (Å²) in [6.07, 6.45) is 4.22. The van der Waals surface area contributed by atoms with Crippen molar-refractivity contribution >= 4 is 17.7 Å². The van der Waals surface area contributed by atoms with Gasteiger partial charge in [0.25, 0.3) is 5.91 Å². The van der Waals surface area contributed by atoms with Crippen molar-refractivity contribution < 1.29 is 14.4 Å². The van der Waals surface area contributed by atoms with E-state index < -0.39 is 6.04 Å². The Balaban J connectivity index is 1.12. The number of nitriles is 1. The molecule has 1 unspecified atom stereocenters. The number of hydrogen-bond donors (Lipinski definition) is 2. The van der Waals surface area contributed by atoms with Crippen LogP contribution in [0, 0.1) is 17.2 Å². The van der Waals surface area contributed by atoms with Crippen LogP contribution in [-0.4, -0.2) is 82.8 Å². The highest BCUT2D eigenvalue weighted by molar-refractivity contribution is 5.94. The van der Waals surface area contributed by atoms with Crippen LogP contribution < -0.4 is 11.1 Å². The molecule has 0 aromatic heterocycles. The highest BCUT2D eigenvalue weighted by Crippen LogP contribution is 2.48. The van der Waals surface area contributed by atoms with E-state index in [9.17, 15) is 19.6 Å². The van der Waals surface area contributed by atoms with Gasteiger partial charge in [0.15, 0.2) is 0 Å². The van der Waals surface area contributed by atoms with E-state index in [4.69, 9.17) is 5.73 Å². The quantitative estimate of drug-likeness (QED) is 0.643. The van der Waals surface area contributed by atoms with Gasteiger partial charge in [0.2, 0.25) is 11.8 Å². The molecule has 7 atom stereocenters. The second kappa shape index (κ2) is 7.79. The fraction of sp³-hybridized carbons (Fsp3) is 0.600. The van der Waals surface area contributed by atoms with Gasteiger partial charge in [-0.2, -0.15) is 5.26 Å². The molecule has 1 aromatic rings. The number of carbonyl (C=O) groups is 3. The molecule has 1 aromatic carbocycles. The third kappa shape index (κ3) is 3.16. The van der Waals surface area contributed by atoms with E-state index in [0.717, 1.165) is 43.2 Å². The lowest BCUT2D eigenvalue weighted by Crippen LogP contribution is -2.57. The summed E-state index contributed by atoms with van der Waals surface area (Å²) in [7, 11) is 1.62. The van der Waals surface area contributed by atoms with E-state index in [2.05, 4.69) is 16.3 Å². The lowest BCUT2D eigenvalue weighted by Gasteiger charge is -2.38. The molecule has 0 spiro atoms. The van der Waals surface area contributed by atoms with Crippen LogP contribution in [0.5, 0.6) is 0 Å². The molecule has 9 heteroatoms. The van der Waals surface area contributed by atoms with E-state index in [-0.39, 0.29) is 47.9 Å². The van der Waals surface area contributed by atoms with Crippen LogP contribution in [0.3, 0.4) is 0 Å². The minimum absolute atomic E-state index is 0.0430. The van der Waals surface area contributed by atoms with E-state index in [1.165, 1.54) is 0 Å². The Kier molecular flexibility index (Phi) is 4.94. The Morgan fingerprint density at radius 2 is 2.09 bits per heavy atom. The third-order valence-electron chi connectivity index (χ3n) is 8.58. The summed E-state index contributed by atoms with van der Waals surface area (Å²) in [5.74, 6) is 0.319. The zero-order valence-electron chi connectivity index (χ0n) is 19.3. The summed E-state index contributed by atoms with van der Waals surface area (Å²) < 4.78 is 0. The number of rotatable bonds is 5. The maximum absolute atomic E-state index is 13.4. The zero-order valence-corrected chi connectivity index (χ0v) is 19.3. The van der Waals surface area contributed by atoms with E-state index in [1.807, 2.05) is 23.1 Å². The molecule has 1 saturated carbocycles. The Bertz CT molecular complexity index is 1110. The van der Waals surface area contributed by atoms with Crippen molar-refractivity contribution in [2.24, 2.45) is 11.7 Å². The summed E-state index contributed by atoms with van der Waals surface area (Å²) in [4.78, 5) is 44.2. The monoisotopic (exact) mass is 462 g/mol. The van der Waals surface area contributed by atoms with E-state index in [0.29, 0.717) is 24.6 Å². The SMILES string of the molecule is CNC(=O)c1ccc2c(c1)CC[C@@H]2N1C(=O)[C@H]2C[C@@H]1CN2C[C@H](N)C(=O)N1C2C[C@H]2C[C@H]1C#N. The number of likely N-dealkylation sites (tertiary alicyclic amines) is 3. The average Bonchev–Trinajstić information content (AvgIpc) is 3.18. The van der Waals surface area contributed by atoms with Crippen molar-refractivity contribution in [3.05, 3.63) is 34.9 Å². The van der Waals surface area contributed by atoms with Crippen LogP contribution in [0.4, 0.5) is 0 Å². The molecule has 0 radical (unpaired) electrons. The Labute approximate surface area is 198 Å². The van der Waals surface area contributed by atoms with Gasteiger partial charge in [0.05, 0.1) is 24.2 Å². The third-order valence-corrected chi connectivity index (χ3v) is 8.58. The predicted octanol–water partition coefficient (Wildman–Crippen LogP) is 0.159. The van der Waals surface area contributed by atoms with Crippen LogP contribution in [-0.2, 0) is 16.0 Å². The van der Waals surface area contributed by atoms with Crippen molar-refractivity contribution in [2.45, 2.75) is 68.4 Å².